The lowest BCUT2D eigenvalue weighted by Crippen LogP contribution is -2.52. The molecule has 2 heterocycles. The summed E-state index contributed by atoms with van der Waals surface area (Å²) in [6.45, 7) is 0.365. The molecule has 1 aromatic carbocycles. The number of urea groups is 1. The lowest BCUT2D eigenvalue weighted by atomic mass is 10.2. The van der Waals surface area contributed by atoms with E-state index in [1.165, 1.54) is 35.4 Å². The number of hydrogen-bond acceptors (Lipinski definition) is 6. The third-order valence-electron chi connectivity index (χ3n) is 4.37. The summed E-state index contributed by atoms with van der Waals surface area (Å²) in [6, 6.07) is 7.01. The van der Waals surface area contributed by atoms with Gasteiger partial charge in [0.15, 0.2) is 0 Å². The number of benzene rings is 1. The third-order valence-corrected chi connectivity index (χ3v) is 4.37. The van der Waals surface area contributed by atoms with Gasteiger partial charge in [0.1, 0.15) is 6.04 Å². The summed E-state index contributed by atoms with van der Waals surface area (Å²) >= 11 is 0. The van der Waals surface area contributed by atoms with Crippen LogP contribution in [0.2, 0.25) is 0 Å². The van der Waals surface area contributed by atoms with Crippen molar-refractivity contribution in [2.24, 2.45) is 0 Å². The molecule has 1 aliphatic rings. The molecular weight excluding hydrogens is 380 g/mol. The predicted molar refractivity (Wildman–Crippen MR) is 102 cm³/mol. The smallest absolute Gasteiger partial charge is 0.323 e. The van der Waals surface area contributed by atoms with Gasteiger partial charge in [-0.05, 0) is 37.1 Å². The Morgan fingerprint density at radius 3 is 2.55 bits per heavy atom. The Morgan fingerprint density at radius 1 is 1.14 bits per heavy atom. The first kappa shape index (κ1) is 19.7. The number of rotatable bonds is 4. The van der Waals surface area contributed by atoms with E-state index in [1.54, 1.807) is 18.3 Å². The zero-order valence-electron chi connectivity index (χ0n) is 15.2. The fourth-order valence-corrected chi connectivity index (χ4v) is 2.93. The number of pyridine rings is 1. The minimum absolute atomic E-state index is 0.142. The van der Waals surface area contributed by atoms with Gasteiger partial charge in [-0.1, -0.05) is 0 Å². The zero-order valence-corrected chi connectivity index (χ0v) is 15.2. The third kappa shape index (κ3) is 4.83. The second kappa shape index (κ2) is 8.78. The first-order valence-corrected chi connectivity index (χ1v) is 8.78. The normalized spacial score (nSPS) is 15.4. The minimum atomic E-state index is -0.675. The lowest BCUT2D eigenvalue weighted by molar-refractivity contribution is -0.384. The summed E-state index contributed by atoms with van der Waals surface area (Å²) in [5.41, 5.74) is 5.03. The Kier molecular flexibility index (Phi) is 5.97. The number of nitro groups is 1. The van der Waals surface area contributed by atoms with E-state index in [0.29, 0.717) is 25.1 Å². The number of likely N-dealkylation sites (tertiary alicyclic amines) is 1. The van der Waals surface area contributed by atoms with Crippen LogP contribution in [-0.2, 0) is 4.79 Å². The molecule has 3 rings (SSSR count). The Labute approximate surface area is 165 Å². The van der Waals surface area contributed by atoms with E-state index in [2.05, 4.69) is 21.2 Å². The number of carbonyl (C=O) groups excluding carboxylic acids is 3. The SMILES string of the molecule is O=C(NNC(=O)N1CCCC1C(=O)Nc1cccnc1)c1ccc([N+](=O)[O-])cc1. The van der Waals surface area contributed by atoms with Gasteiger partial charge >= 0.3 is 6.03 Å². The number of hydrogen-bond donors (Lipinski definition) is 3. The first-order valence-electron chi connectivity index (χ1n) is 8.78. The second-order valence-electron chi connectivity index (χ2n) is 6.27. The number of anilines is 1. The fraction of sp³-hybridized carbons (Fsp3) is 0.222. The quantitative estimate of drug-likeness (QED) is 0.525. The van der Waals surface area contributed by atoms with Crippen LogP contribution in [0.15, 0.2) is 48.8 Å². The van der Waals surface area contributed by atoms with Crippen molar-refractivity contribution in [1.29, 1.82) is 0 Å². The molecule has 0 aliphatic carbocycles. The van der Waals surface area contributed by atoms with Crippen LogP contribution < -0.4 is 16.2 Å². The molecule has 2 aromatic rings. The summed E-state index contributed by atoms with van der Waals surface area (Å²) in [5, 5.41) is 13.4. The molecule has 1 aromatic heterocycles. The number of nitro benzene ring substituents is 1. The Morgan fingerprint density at radius 2 is 1.90 bits per heavy atom. The molecule has 1 aliphatic heterocycles. The van der Waals surface area contributed by atoms with Crippen LogP contribution in [0, 0.1) is 10.1 Å². The zero-order chi connectivity index (χ0) is 20.8. The molecule has 0 bridgehead atoms. The van der Waals surface area contributed by atoms with E-state index in [9.17, 15) is 24.5 Å². The van der Waals surface area contributed by atoms with E-state index >= 15 is 0 Å². The van der Waals surface area contributed by atoms with Gasteiger partial charge < -0.3 is 10.2 Å². The van der Waals surface area contributed by atoms with Crippen molar-refractivity contribution in [2.45, 2.75) is 18.9 Å². The molecule has 1 fully saturated rings. The second-order valence-corrected chi connectivity index (χ2v) is 6.27. The van der Waals surface area contributed by atoms with E-state index in [0.717, 1.165) is 0 Å². The number of hydrazine groups is 1. The van der Waals surface area contributed by atoms with Gasteiger partial charge in [0, 0.05) is 30.4 Å². The lowest BCUT2D eigenvalue weighted by Gasteiger charge is -2.24. The highest BCUT2D eigenvalue weighted by Gasteiger charge is 2.34. The summed E-state index contributed by atoms with van der Waals surface area (Å²) < 4.78 is 0. The Hall–Kier alpha value is -4.02. The number of aromatic nitrogens is 1. The average molecular weight is 398 g/mol. The first-order chi connectivity index (χ1) is 14.0. The van der Waals surface area contributed by atoms with Crippen LogP contribution in [0.25, 0.3) is 0 Å². The van der Waals surface area contributed by atoms with E-state index in [1.807, 2.05) is 0 Å². The summed E-state index contributed by atoms with van der Waals surface area (Å²) in [5.74, 6) is -0.976. The number of amides is 4. The molecule has 1 unspecified atom stereocenters. The van der Waals surface area contributed by atoms with Crippen LogP contribution in [0.4, 0.5) is 16.2 Å². The van der Waals surface area contributed by atoms with Gasteiger partial charge in [-0.25, -0.2) is 10.2 Å². The van der Waals surface area contributed by atoms with Gasteiger partial charge in [0.05, 0.1) is 16.8 Å². The van der Waals surface area contributed by atoms with Crippen LogP contribution in [0.3, 0.4) is 0 Å². The highest BCUT2D eigenvalue weighted by molar-refractivity contribution is 5.98. The van der Waals surface area contributed by atoms with E-state index in [4.69, 9.17) is 0 Å². The largest absolute Gasteiger partial charge is 0.336 e. The molecule has 0 saturated carbocycles. The van der Waals surface area contributed by atoms with Gasteiger partial charge in [-0.2, -0.15) is 0 Å². The molecule has 1 saturated heterocycles. The maximum absolute atomic E-state index is 12.5. The molecule has 11 heteroatoms. The maximum atomic E-state index is 12.5. The Bertz CT molecular complexity index is 918. The number of carbonyl (C=O) groups is 3. The van der Waals surface area contributed by atoms with E-state index < -0.39 is 22.9 Å². The summed E-state index contributed by atoms with van der Waals surface area (Å²) in [7, 11) is 0. The molecular formula is C18H18N6O5. The fourth-order valence-electron chi connectivity index (χ4n) is 2.93. The van der Waals surface area contributed by atoms with E-state index in [-0.39, 0.29) is 17.2 Å². The topological polar surface area (TPSA) is 147 Å². The molecule has 1 atom stereocenters. The molecule has 11 nitrogen and oxygen atoms in total. The van der Waals surface area contributed by atoms with Crippen LogP contribution in [0.1, 0.15) is 23.2 Å². The highest BCUT2D eigenvalue weighted by Crippen LogP contribution is 2.19. The molecule has 150 valence electrons. The highest BCUT2D eigenvalue weighted by atomic mass is 16.6. The number of nitrogens with zero attached hydrogens (tertiary/aromatic N) is 3. The maximum Gasteiger partial charge on any atom is 0.336 e. The van der Waals surface area contributed by atoms with Gasteiger partial charge in [0.2, 0.25) is 5.91 Å². The predicted octanol–water partition coefficient (Wildman–Crippen LogP) is 1.45. The van der Waals surface area contributed by atoms with Gasteiger partial charge in [0.25, 0.3) is 11.6 Å². The standard InChI is InChI=1S/C18H18N6O5/c25-16(12-5-7-14(8-6-12)24(28)29)21-22-18(27)23-10-2-4-15(23)17(26)20-13-3-1-9-19-11-13/h1,3,5-9,11,15H,2,4,10H2,(H,20,26)(H,21,25)(H,22,27). The van der Waals surface area contributed by atoms with Crippen molar-refractivity contribution >= 4 is 29.2 Å². The van der Waals surface area contributed by atoms with Crippen molar-refractivity contribution in [1.82, 2.24) is 20.7 Å². The van der Waals surface area contributed by atoms with Crippen molar-refractivity contribution in [3.8, 4) is 0 Å². The number of nitrogens with one attached hydrogen (secondary N) is 3. The number of non-ortho nitro benzene ring substituents is 1. The van der Waals surface area contributed by atoms with Gasteiger partial charge in [-0.15, -0.1) is 0 Å². The minimum Gasteiger partial charge on any atom is -0.323 e. The van der Waals surface area contributed by atoms with Crippen molar-refractivity contribution in [3.05, 3.63) is 64.5 Å². The average Bonchev–Trinajstić information content (AvgIpc) is 3.23. The summed E-state index contributed by atoms with van der Waals surface area (Å²) in [6.07, 6.45) is 4.23. The van der Waals surface area contributed by atoms with Crippen molar-refractivity contribution in [2.75, 3.05) is 11.9 Å². The molecule has 0 spiro atoms. The monoisotopic (exact) mass is 398 g/mol. The molecule has 4 amide bonds. The molecule has 0 radical (unpaired) electrons. The molecule has 29 heavy (non-hydrogen) atoms. The van der Waals surface area contributed by atoms with Crippen LogP contribution >= 0.6 is 0 Å². The van der Waals surface area contributed by atoms with Gasteiger partial charge in [-0.3, -0.25) is 30.1 Å². The van der Waals surface area contributed by atoms with Crippen LogP contribution in [0.5, 0.6) is 0 Å². The van der Waals surface area contributed by atoms with Crippen molar-refractivity contribution < 1.29 is 19.3 Å². The molecule has 3 N–H and O–H groups in total. The van der Waals surface area contributed by atoms with Crippen LogP contribution in [-0.4, -0.2) is 45.2 Å². The summed E-state index contributed by atoms with van der Waals surface area (Å²) in [4.78, 5) is 52.3. The Balaban J connectivity index is 1.55. The van der Waals surface area contributed by atoms with Crippen molar-refractivity contribution in [3.63, 3.8) is 0 Å².